The largest absolute Gasteiger partial charge is 0.396 e. The van der Waals surface area contributed by atoms with E-state index in [0.29, 0.717) is 6.61 Å². The van der Waals surface area contributed by atoms with Crippen LogP contribution >= 0.6 is 0 Å². The smallest absolute Gasteiger partial charge is 0.149 e. The van der Waals surface area contributed by atoms with E-state index in [2.05, 4.69) is 22.4 Å². The van der Waals surface area contributed by atoms with Crippen molar-refractivity contribution in [3.63, 3.8) is 0 Å². The second-order valence-corrected chi connectivity index (χ2v) is 3.76. The van der Waals surface area contributed by atoms with E-state index in [9.17, 15) is 0 Å². The van der Waals surface area contributed by atoms with Gasteiger partial charge in [0.2, 0.25) is 0 Å². The van der Waals surface area contributed by atoms with Gasteiger partial charge in [-0.05, 0) is 32.7 Å². The van der Waals surface area contributed by atoms with Crippen LogP contribution in [0.15, 0.2) is 6.33 Å². The Balaban J connectivity index is 2.19. The molecule has 0 fully saturated rings. The first kappa shape index (κ1) is 12.1. The lowest BCUT2D eigenvalue weighted by molar-refractivity contribution is 0.282. The Morgan fingerprint density at radius 2 is 2.27 bits per heavy atom. The lowest BCUT2D eigenvalue weighted by Gasteiger charge is -2.12. The summed E-state index contributed by atoms with van der Waals surface area (Å²) < 4.78 is 1.92. The molecule has 0 amide bonds. The molecule has 5 heteroatoms. The molecule has 86 valence electrons. The zero-order valence-electron chi connectivity index (χ0n) is 9.48. The van der Waals surface area contributed by atoms with E-state index >= 15 is 0 Å². The fraction of sp³-hybridized carbons (Fsp3) is 0.800. The van der Waals surface area contributed by atoms with E-state index < -0.39 is 0 Å². The average molecular weight is 212 g/mol. The summed E-state index contributed by atoms with van der Waals surface area (Å²) in [7, 11) is 1.94. The Hall–Kier alpha value is -0.940. The molecule has 0 aromatic carbocycles. The standard InChI is InChI=1S/C10H20N4O/c1-9(10-13-12-8-14(10)2)11-6-4-3-5-7-15/h8-9,11,15H,3-7H2,1-2H3. The van der Waals surface area contributed by atoms with Gasteiger partial charge in [-0.25, -0.2) is 0 Å². The molecule has 0 aliphatic carbocycles. The van der Waals surface area contributed by atoms with Crippen LogP contribution in [0, 0.1) is 0 Å². The van der Waals surface area contributed by atoms with Gasteiger partial charge in [-0.1, -0.05) is 0 Å². The number of aliphatic hydroxyl groups is 1. The Morgan fingerprint density at radius 1 is 1.47 bits per heavy atom. The molecule has 2 N–H and O–H groups in total. The van der Waals surface area contributed by atoms with Crippen molar-refractivity contribution in [3.05, 3.63) is 12.2 Å². The number of nitrogens with zero attached hydrogens (tertiary/aromatic N) is 3. The summed E-state index contributed by atoms with van der Waals surface area (Å²) in [5.41, 5.74) is 0. The molecule has 0 bridgehead atoms. The molecule has 1 aromatic rings. The van der Waals surface area contributed by atoms with Crippen molar-refractivity contribution >= 4 is 0 Å². The Morgan fingerprint density at radius 3 is 2.87 bits per heavy atom. The molecular formula is C10H20N4O. The molecule has 15 heavy (non-hydrogen) atoms. The third-order valence-electron chi connectivity index (χ3n) is 2.42. The average Bonchev–Trinajstić information content (AvgIpc) is 2.64. The quantitative estimate of drug-likeness (QED) is 0.651. The van der Waals surface area contributed by atoms with Gasteiger partial charge in [0.25, 0.3) is 0 Å². The van der Waals surface area contributed by atoms with E-state index in [-0.39, 0.29) is 6.04 Å². The molecule has 1 unspecified atom stereocenters. The van der Waals surface area contributed by atoms with Gasteiger partial charge in [-0.15, -0.1) is 10.2 Å². The maximum Gasteiger partial charge on any atom is 0.149 e. The Labute approximate surface area is 90.5 Å². The summed E-state index contributed by atoms with van der Waals surface area (Å²) in [4.78, 5) is 0. The highest BCUT2D eigenvalue weighted by molar-refractivity contribution is 4.91. The Kier molecular flexibility index (Phi) is 5.28. The van der Waals surface area contributed by atoms with E-state index in [1.54, 1.807) is 6.33 Å². The molecule has 0 radical (unpaired) electrons. The number of hydrogen-bond acceptors (Lipinski definition) is 4. The molecule has 5 nitrogen and oxygen atoms in total. The van der Waals surface area contributed by atoms with Gasteiger partial charge in [0.05, 0.1) is 6.04 Å². The van der Waals surface area contributed by atoms with Crippen molar-refractivity contribution < 1.29 is 5.11 Å². The van der Waals surface area contributed by atoms with Crippen LogP contribution in [0.3, 0.4) is 0 Å². The number of aliphatic hydroxyl groups excluding tert-OH is 1. The highest BCUT2D eigenvalue weighted by Gasteiger charge is 2.09. The second-order valence-electron chi connectivity index (χ2n) is 3.76. The van der Waals surface area contributed by atoms with Gasteiger partial charge in [-0.3, -0.25) is 0 Å². The van der Waals surface area contributed by atoms with E-state index in [1.165, 1.54) is 0 Å². The first-order valence-corrected chi connectivity index (χ1v) is 5.44. The molecular weight excluding hydrogens is 192 g/mol. The lowest BCUT2D eigenvalue weighted by Crippen LogP contribution is -2.22. The molecule has 1 rings (SSSR count). The maximum absolute atomic E-state index is 8.62. The minimum absolute atomic E-state index is 0.228. The van der Waals surface area contributed by atoms with Gasteiger partial charge < -0.3 is 15.0 Å². The number of aromatic nitrogens is 3. The summed E-state index contributed by atoms with van der Waals surface area (Å²) in [6, 6.07) is 0.228. The maximum atomic E-state index is 8.62. The molecule has 0 saturated heterocycles. The predicted octanol–water partition coefficient (Wildman–Crippen LogP) is 0.628. The number of hydrogen-bond donors (Lipinski definition) is 2. The summed E-state index contributed by atoms with van der Waals surface area (Å²) in [5, 5.41) is 19.9. The van der Waals surface area contributed by atoms with E-state index in [0.717, 1.165) is 31.6 Å². The molecule has 0 spiro atoms. The Bertz CT molecular complexity index is 274. The van der Waals surface area contributed by atoms with Gasteiger partial charge in [0, 0.05) is 13.7 Å². The second kappa shape index (κ2) is 6.53. The summed E-state index contributed by atoms with van der Waals surface area (Å²) >= 11 is 0. The molecule has 0 aliphatic heterocycles. The molecule has 1 atom stereocenters. The fourth-order valence-corrected chi connectivity index (χ4v) is 1.51. The zero-order valence-corrected chi connectivity index (χ0v) is 9.48. The first-order chi connectivity index (χ1) is 7.25. The van der Waals surface area contributed by atoms with Crippen molar-refractivity contribution in [1.29, 1.82) is 0 Å². The molecule has 0 aliphatic rings. The topological polar surface area (TPSA) is 63.0 Å². The molecule has 0 saturated carbocycles. The van der Waals surface area contributed by atoms with Crippen molar-refractivity contribution in [2.24, 2.45) is 7.05 Å². The van der Waals surface area contributed by atoms with Crippen LogP contribution in [-0.2, 0) is 7.05 Å². The number of aryl methyl sites for hydroxylation is 1. The highest BCUT2D eigenvalue weighted by atomic mass is 16.2. The minimum Gasteiger partial charge on any atom is -0.396 e. The number of nitrogens with one attached hydrogen (secondary N) is 1. The van der Waals surface area contributed by atoms with Crippen LogP contribution in [0.1, 0.15) is 38.1 Å². The van der Waals surface area contributed by atoms with Gasteiger partial charge in [0.1, 0.15) is 12.2 Å². The van der Waals surface area contributed by atoms with Crippen LogP contribution in [-0.4, -0.2) is 33.0 Å². The number of unbranched alkanes of at least 4 members (excludes halogenated alkanes) is 2. The summed E-state index contributed by atoms with van der Waals surface area (Å²) in [6.45, 7) is 3.32. The monoisotopic (exact) mass is 212 g/mol. The van der Waals surface area contributed by atoms with E-state index in [4.69, 9.17) is 5.11 Å². The van der Waals surface area contributed by atoms with Crippen molar-refractivity contribution in [3.8, 4) is 0 Å². The van der Waals surface area contributed by atoms with Gasteiger partial charge >= 0.3 is 0 Å². The SMILES string of the molecule is CC(NCCCCCO)c1nncn1C. The molecule has 1 aromatic heterocycles. The third kappa shape index (κ3) is 3.97. The van der Waals surface area contributed by atoms with Crippen molar-refractivity contribution in [2.45, 2.75) is 32.2 Å². The lowest BCUT2D eigenvalue weighted by atomic mass is 10.2. The predicted molar refractivity (Wildman–Crippen MR) is 58.4 cm³/mol. The first-order valence-electron chi connectivity index (χ1n) is 5.44. The number of rotatable bonds is 7. The van der Waals surface area contributed by atoms with Crippen molar-refractivity contribution in [2.75, 3.05) is 13.2 Å². The molecule has 1 heterocycles. The summed E-state index contributed by atoms with van der Waals surface area (Å²) in [6.07, 6.45) is 4.75. The minimum atomic E-state index is 0.228. The highest BCUT2D eigenvalue weighted by Crippen LogP contribution is 2.06. The summed E-state index contributed by atoms with van der Waals surface area (Å²) in [5.74, 6) is 0.956. The van der Waals surface area contributed by atoms with Gasteiger partial charge in [0.15, 0.2) is 0 Å². The van der Waals surface area contributed by atoms with Gasteiger partial charge in [-0.2, -0.15) is 0 Å². The third-order valence-corrected chi connectivity index (χ3v) is 2.42. The van der Waals surface area contributed by atoms with Crippen LogP contribution in [0.2, 0.25) is 0 Å². The fourth-order valence-electron chi connectivity index (χ4n) is 1.51. The normalized spacial score (nSPS) is 13.0. The zero-order chi connectivity index (χ0) is 11.1. The van der Waals surface area contributed by atoms with E-state index in [1.807, 2.05) is 11.6 Å². The van der Waals surface area contributed by atoms with Crippen LogP contribution in [0.5, 0.6) is 0 Å². The van der Waals surface area contributed by atoms with Crippen molar-refractivity contribution in [1.82, 2.24) is 20.1 Å². The van der Waals surface area contributed by atoms with Crippen LogP contribution in [0.25, 0.3) is 0 Å². The van der Waals surface area contributed by atoms with Crippen LogP contribution in [0.4, 0.5) is 0 Å². The van der Waals surface area contributed by atoms with Crippen LogP contribution < -0.4 is 5.32 Å².